The highest BCUT2D eigenvalue weighted by atomic mass is 32.2. The number of hydrogen-bond donors (Lipinski definition) is 2. The van der Waals surface area contributed by atoms with Crippen LogP contribution in [0, 0.1) is 6.92 Å². The van der Waals surface area contributed by atoms with Gasteiger partial charge in [0.15, 0.2) is 0 Å². The Hall–Kier alpha value is -2.77. The Morgan fingerprint density at radius 3 is 2.38 bits per heavy atom. The van der Waals surface area contributed by atoms with Gasteiger partial charge in [-0.2, -0.15) is 8.42 Å². The fourth-order valence-corrected chi connectivity index (χ4v) is 3.24. The van der Waals surface area contributed by atoms with Gasteiger partial charge in [-0.25, -0.2) is 0 Å². The molecule has 7 heteroatoms. The first-order chi connectivity index (χ1) is 11.4. The Morgan fingerprint density at radius 2 is 1.62 bits per heavy atom. The van der Waals surface area contributed by atoms with E-state index in [0.717, 1.165) is 5.56 Å². The summed E-state index contributed by atoms with van der Waals surface area (Å²) in [7, 11) is -4.50. The summed E-state index contributed by atoms with van der Waals surface area (Å²) in [6.45, 7) is 1.83. The average molecular weight is 342 g/mol. The second kappa shape index (κ2) is 6.03. The normalized spacial score (nSPS) is 12.1. The molecule has 0 saturated heterocycles. The minimum atomic E-state index is -4.50. The van der Waals surface area contributed by atoms with Crippen LogP contribution in [0.25, 0.3) is 10.8 Å². The Labute approximate surface area is 138 Å². The van der Waals surface area contributed by atoms with Crippen molar-refractivity contribution in [1.82, 2.24) is 0 Å². The molecule has 0 radical (unpaired) electrons. The fourth-order valence-electron chi connectivity index (χ4n) is 2.40. The van der Waals surface area contributed by atoms with Crippen molar-refractivity contribution in [3.63, 3.8) is 0 Å². The van der Waals surface area contributed by atoms with Crippen LogP contribution < -0.4 is 0 Å². The van der Waals surface area contributed by atoms with Crippen molar-refractivity contribution < 1.29 is 18.1 Å². The number of aryl methyl sites for hydroxylation is 1. The SMILES string of the molecule is Cc1ccc(O)c(N=Nc2ccc3ccccc3c2S(=O)(=O)O)c1. The monoisotopic (exact) mass is 342 g/mol. The molecule has 0 aliphatic rings. The summed E-state index contributed by atoms with van der Waals surface area (Å²) in [6.07, 6.45) is 0. The molecule has 6 nitrogen and oxygen atoms in total. The fraction of sp³-hybridized carbons (Fsp3) is 0.0588. The summed E-state index contributed by atoms with van der Waals surface area (Å²) in [5.41, 5.74) is 1.08. The number of benzene rings is 3. The standard InChI is InChI=1S/C17H14N2O4S/c1-11-6-9-16(20)15(10-11)19-18-14-8-7-12-4-2-3-5-13(12)17(14)24(21,22)23/h2-10,20H,1H3,(H,21,22,23). The van der Waals surface area contributed by atoms with E-state index < -0.39 is 10.1 Å². The lowest BCUT2D eigenvalue weighted by Gasteiger charge is -2.07. The number of aromatic hydroxyl groups is 1. The number of fused-ring (bicyclic) bond motifs is 1. The lowest BCUT2D eigenvalue weighted by Crippen LogP contribution is -1.99. The molecule has 0 unspecified atom stereocenters. The van der Waals surface area contributed by atoms with E-state index in [0.29, 0.717) is 10.8 Å². The van der Waals surface area contributed by atoms with Crippen molar-refractivity contribution in [3.05, 3.63) is 60.2 Å². The number of azo groups is 1. The maximum atomic E-state index is 11.8. The third-order valence-electron chi connectivity index (χ3n) is 3.51. The maximum Gasteiger partial charge on any atom is 0.297 e. The Balaban J connectivity index is 2.20. The van der Waals surface area contributed by atoms with E-state index in [1.807, 2.05) is 6.92 Å². The van der Waals surface area contributed by atoms with Gasteiger partial charge in [0.25, 0.3) is 10.1 Å². The quantitative estimate of drug-likeness (QED) is 0.540. The predicted molar refractivity (Wildman–Crippen MR) is 90.8 cm³/mol. The molecule has 24 heavy (non-hydrogen) atoms. The lowest BCUT2D eigenvalue weighted by atomic mass is 10.1. The molecule has 0 heterocycles. The van der Waals surface area contributed by atoms with Gasteiger partial charge >= 0.3 is 0 Å². The van der Waals surface area contributed by atoms with E-state index in [9.17, 15) is 18.1 Å². The lowest BCUT2D eigenvalue weighted by molar-refractivity contribution is 0.476. The predicted octanol–water partition coefficient (Wildman–Crippen LogP) is 4.52. The maximum absolute atomic E-state index is 11.8. The Morgan fingerprint density at radius 1 is 0.917 bits per heavy atom. The number of nitrogens with zero attached hydrogens (tertiary/aromatic N) is 2. The van der Waals surface area contributed by atoms with Gasteiger partial charge in [-0.05, 0) is 36.1 Å². The third-order valence-corrected chi connectivity index (χ3v) is 4.46. The molecule has 3 rings (SSSR count). The number of phenols is 1. The highest BCUT2D eigenvalue weighted by Gasteiger charge is 2.19. The summed E-state index contributed by atoms with van der Waals surface area (Å²) in [5, 5.41) is 18.6. The molecule has 0 aromatic heterocycles. The zero-order valence-corrected chi connectivity index (χ0v) is 13.5. The van der Waals surface area contributed by atoms with Crippen molar-refractivity contribution >= 4 is 32.3 Å². The first kappa shape index (κ1) is 16.1. The largest absolute Gasteiger partial charge is 0.506 e. The van der Waals surface area contributed by atoms with Gasteiger partial charge in [-0.15, -0.1) is 10.2 Å². The molecule has 122 valence electrons. The average Bonchev–Trinajstić information content (AvgIpc) is 2.54. The van der Waals surface area contributed by atoms with Gasteiger partial charge < -0.3 is 5.11 Å². The minimum Gasteiger partial charge on any atom is -0.506 e. The molecule has 0 spiro atoms. The van der Waals surface area contributed by atoms with Crippen molar-refractivity contribution in [1.29, 1.82) is 0 Å². The Bertz CT molecular complexity index is 1060. The molecule has 3 aromatic rings. The van der Waals surface area contributed by atoms with Gasteiger partial charge in [0.1, 0.15) is 22.0 Å². The minimum absolute atomic E-state index is 0.00268. The van der Waals surface area contributed by atoms with E-state index in [2.05, 4.69) is 10.2 Å². The summed E-state index contributed by atoms with van der Waals surface area (Å²) >= 11 is 0. The zero-order chi connectivity index (χ0) is 17.3. The molecule has 0 aliphatic heterocycles. The van der Waals surface area contributed by atoms with Gasteiger partial charge in [0, 0.05) is 5.39 Å². The van der Waals surface area contributed by atoms with E-state index in [-0.39, 0.29) is 22.0 Å². The highest BCUT2D eigenvalue weighted by molar-refractivity contribution is 7.86. The number of phenolic OH excluding ortho intramolecular Hbond substituents is 1. The molecule has 2 N–H and O–H groups in total. The number of rotatable bonds is 3. The third kappa shape index (κ3) is 3.12. The van der Waals surface area contributed by atoms with Crippen LogP contribution in [-0.4, -0.2) is 18.1 Å². The van der Waals surface area contributed by atoms with Crippen molar-refractivity contribution in [2.45, 2.75) is 11.8 Å². The summed E-state index contributed by atoms with van der Waals surface area (Å²) in [4.78, 5) is -0.309. The van der Waals surface area contributed by atoms with Crippen LogP contribution in [0.2, 0.25) is 0 Å². The highest BCUT2D eigenvalue weighted by Crippen LogP contribution is 2.35. The summed E-state index contributed by atoms with van der Waals surface area (Å²) < 4.78 is 33.2. The first-order valence-electron chi connectivity index (χ1n) is 7.07. The molecular formula is C17H14N2O4S. The molecule has 3 aromatic carbocycles. The molecular weight excluding hydrogens is 328 g/mol. The first-order valence-corrected chi connectivity index (χ1v) is 8.51. The van der Waals surface area contributed by atoms with Crippen LogP contribution in [0.15, 0.2) is 69.7 Å². The van der Waals surface area contributed by atoms with Gasteiger partial charge in [-0.3, -0.25) is 4.55 Å². The van der Waals surface area contributed by atoms with Gasteiger partial charge in [0.05, 0.1) is 0 Å². The van der Waals surface area contributed by atoms with Crippen molar-refractivity contribution in [2.75, 3.05) is 0 Å². The van der Waals surface area contributed by atoms with Crippen LogP contribution in [0.1, 0.15) is 5.56 Å². The van der Waals surface area contributed by atoms with Crippen LogP contribution in [0.5, 0.6) is 5.75 Å². The second-order valence-electron chi connectivity index (χ2n) is 5.30. The molecule has 0 fully saturated rings. The van der Waals surface area contributed by atoms with E-state index in [1.54, 1.807) is 42.5 Å². The summed E-state index contributed by atoms with van der Waals surface area (Å²) in [6, 6.07) is 14.7. The smallest absolute Gasteiger partial charge is 0.297 e. The van der Waals surface area contributed by atoms with Crippen LogP contribution in [-0.2, 0) is 10.1 Å². The van der Waals surface area contributed by atoms with Crippen LogP contribution in [0.3, 0.4) is 0 Å². The topological polar surface area (TPSA) is 99.3 Å². The Kier molecular flexibility index (Phi) is 4.04. The molecule has 0 aliphatic carbocycles. The zero-order valence-electron chi connectivity index (χ0n) is 12.7. The molecule has 0 amide bonds. The van der Waals surface area contributed by atoms with E-state index >= 15 is 0 Å². The number of hydrogen-bond acceptors (Lipinski definition) is 5. The van der Waals surface area contributed by atoms with Crippen LogP contribution >= 0.6 is 0 Å². The summed E-state index contributed by atoms with van der Waals surface area (Å²) in [5.74, 6) is -0.0708. The van der Waals surface area contributed by atoms with Gasteiger partial charge in [-0.1, -0.05) is 36.4 Å². The molecule has 0 saturated carbocycles. The van der Waals surface area contributed by atoms with E-state index in [4.69, 9.17) is 0 Å². The molecule has 0 atom stereocenters. The van der Waals surface area contributed by atoms with Crippen molar-refractivity contribution in [2.24, 2.45) is 10.2 Å². The van der Waals surface area contributed by atoms with Crippen LogP contribution in [0.4, 0.5) is 11.4 Å². The molecule has 0 bridgehead atoms. The second-order valence-corrected chi connectivity index (χ2v) is 6.66. The van der Waals surface area contributed by atoms with E-state index in [1.165, 1.54) is 12.1 Å². The van der Waals surface area contributed by atoms with Gasteiger partial charge in [0.2, 0.25) is 0 Å². The van der Waals surface area contributed by atoms with Crippen molar-refractivity contribution in [3.8, 4) is 5.75 Å².